The number of phenols is 1. The van der Waals surface area contributed by atoms with Gasteiger partial charge in [-0.25, -0.2) is 0 Å². The lowest BCUT2D eigenvalue weighted by Gasteiger charge is -2.09. The number of carbonyl (C=O) groups excluding carboxylic acids is 1. The fourth-order valence-corrected chi connectivity index (χ4v) is 1.49. The van der Waals surface area contributed by atoms with E-state index in [1.165, 1.54) is 18.2 Å². The van der Waals surface area contributed by atoms with E-state index in [1.807, 2.05) is 0 Å². The summed E-state index contributed by atoms with van der Waals surface area (Å²) in [6.45, 7) is 0.129. The first kappa shape index (κ1) is 15.1. The molecule has 0 saturated heterocycles. The molecule has 0 spiro atoms. The number of amides is 1. The average molecular weight is 276 g/mol. The van der Waals surface area contributed by atoms with Gasteiger partial charge in [0, 0.05) is 18.7 Å². The summed E-state index contributed by atoms with van der Waals surface area (Å²) >= 11 is 0. The highest BCUT2D eigenvalue weighted by atomic mass is 19.4. The molecule has 0 radical (unpaired) electrons. The summed E-state index contributed by atoms with van der Waals surface area (Å²) in [6.07, 6.45) is -4.85. The number of nitrogens with one attached hydrogen (secondary N) is 1. The second kappa shape index (κ2) is 6.31. The van der Waals surface area contributed by atoms with Crippen molar-refractivity contribution in [3.05, 3.63) is 23.8 Å². The number of alkyl halides is 3. The summed E-state index contributed by atoms with van der Waals surface area (Å²) in [4.78, 5) is 11.7. The standard InChI is InChI=1S/C12H15F3N2O2/c13-12(14,15)5-1-2-6-17-11(19)9-7-8(18)3-4-10(9)16/h3-4,7,18H,1-2,5-6,16H2,(H,17,19). The Morgan fingerprint density at radius 1 is 1.32 bits per heavy atom. The van der Waals surface area contributed by atoms with Crippen molar-refractivity contribution in [2.24, 2.45) is 0 Å². The normalized spacial score (nSPS) is 11.3. The van der Waals surface area contributed by atoms with Crippen LogP contribution in [-0.2, 0) is 0 Å². The molecule has 0 aliphatic heterocycles. The number of nitrogen functional groups attached to an aromatic ring is 1. The topological polar surface area (TPSA) is 75.3 Å². The lowest BCUT2D eigenvalue weighted by molar-refractivity contribution is -0.135. The molecule has 1 aromatic rings. The molecule has 0 bridgehead atoms. The van der Waals surface area contributed by atoms with Crippen molar-refractivity contribution < 1.29 is 23.1 Å². The monoisotopic (exact) mass is 276 g/mol. The van der Waals surface area contributed by atoms with E-state index >= 15 is 0 Å². The molecule has 0 atom stereocenters. The van der Waals surface area contributed by atoms with Gasteiger partial charge in [0.25, 0.3) is 5.91 Å². The van der Waals surface area contributed by atoms with Crippen molar-refractivity contribution in [2.45, 2.75) is 25.4 Å². The van der Waals surface area contributed by atoms with E-state index in [-0.39, 0.29) is 36.4 Å². The molecule has 0 aliphatic rings. The molecule has 19 heavy (non-hydrogen) atoms. The Balaban J connectivity index is 2.38. The molecule has 1 amide bonds. The van der Waals surface area contributed by atoms with Gasteiger partial charge in [-0.2, -0.15) is 13.2 Å². The number of rotatable bonds is 5. The number of benzene rings is 1. The maximum Gasteiger partial charge on any atom is 0.389 e. The van der Waals surface area contributed by atoms with E-state index in [9.17, 15) is 23.1 Å². The number of anilines is 1. The van der Waals surface area contributed by atoms with Gasteiger partial charge >= 0.3 is 6.18 Å². The molecule has 7 heteroatoms. The van der Waals surface area contributed by atoms with Gasteiger partial charge in [0.15, 0.2) is 0 Å². The van der Waals surface area contributed by atoms with Crippen LogP contribution in [0.15, 0.2) is 18.2 Å². The Morgan fingerprint density at radius 2 is 2.00 bits per heavy atom. The Morgan fingerprint density at radius 3 is 2.63 bits per heavy atom. The maximum absolute atomic E-state index is 11.9. The summed E-state index contributed by atoms with van der Waals surface area (Å²) in [7, 11) is 0. The number of aromatic hydroxyl groups is 1. The quantitative estimate of drug-likeness (QED) is 0.439. The van der Waals surface area contributed by atoms with Crippen LogP contribution in [0.1, 0.15) is 29.6 Å². The third-order valence-corrected chi connectivity index (χ3v) is 2.45. The molecule has 0 heterocycles. The van der Waals surface area contributed by atoms with Gasteiger partial charge in [-0.05, 0) is 31.0 Å². The van der Waals surface area contributed by atoms with Crippen molar-refractivity contribution in [3.8, 4) is 5.75 Å². The molecule has 1 aromatic carbocycles. The van der Waals surface area contributed by atoms with Crippen LogP contribution >= 0.6 is 0 Å². The van der Waals surface area contributed by atoms with Crippen LogP contribution in [0.3, 0.4) is 0 Å². The molecule has 0 fully saturated rings. The van der Waals surface area contributed by atoms with Gasteiger partial charge in [0.2, 0.25) is 0 Å². The van der Waals surface area contributed by atoms with Crippen molar-refractivity contribution >= 4 is 11.6 Å². The molecule has 106 valence electrons. The van der Waals surface area contributed by atoms with Crippen LogP contribution < -0.4 is 11.1 Å². The molecule has 0 unspecified atom stereocenters. The highest BCUT2D eigenvalue weighted by Gasteiger charge is 2.25. The predicted molar refractivity (Wildman–Crippen MR) is 64.8 cm³/mol. The lowest BCUT2D eigenvalue weighted by Crippen LogP contribution is -2.25. The molecular formula is C12H15F3N2O2. The fourth-order valence-electron chi connectivity index (χ4n) is 1.49. The minimum absolute atomic E-state index is 0.0424. The Bertz CT molecular complexity index is 447. The van der Waals surface area contributed by atoms with Crippen molar-refractivity contribution in [1.29, 1.82) is 0 Å². The zero-order chi connectivity index (χ0) is 14.5. The second-order valence-corrected chi connectivity index (χ2v) is 4.10. The Labute approximate surface area is 108 Å². The summed E-state index contributed by atoms with van der Waals surface area (Å²) in [5.41, 5.74) is 5.86. The van der Waals surface area contributed by atoms with Gasteiger partial charge in [-0.1, -0.05) is 0 Å². The van der Waals surface area contributed by atoms with Crippen LogP contribution in [0.25, 0.3) is 0 Å². The molecule has 0 saturated carbocycles. The number of carbonyl (C=O) groups is 1. The van der Waals surface area contributed by atoms with Gasteiger partial charge in [-0.15, -0.1) is 0 Å². The first-order chi connectivity index (χ1) is 8.79. The third-order valence-electron chi connectivity index (χ3n) is 2.45. The van der Waals surface area contributed by atoms with Gasteiger partial charge in [0.05, 0.1) is 5.56 Å². The number of unbranched alkanes of at least 4 members (excludes halogenated alkanes) is 1. The SMILES string of the molecule is Nc1ccc(O)cc1C(=O)NCCCCC(F)(F)F. The van der Waals surface area contributed by atoms with E-state index in [0.717, 1.165) is 0 Å². The van der Waals surface area contributed by atoms with E-state index in [1.54, 1.807) is 0 Å². The van der Waals surface area contributed by atoms with Crippen LogP contribution in [0, 0.1) is 0 Å². The zero-order valence-electron chi connectivity index (χ0n) is 10.1. The van der Waals surface area contributed by atoms with E-state index in [0.29, 0.717) is 0 Å². The number of nitrogens with two attached hydrogens (primary N) is 1. The van der Waals surface area contributed by atoms with Crippen molar-refractivity contribution in [3.63, 3.8) is 0 Å². The smallest absolute Gasteiger partial charge is 0.389 e. The predicted octanol–water partition coefficient (Wildman–Crippen LogP) is 2.44. The molecule has 4 N–H and O–H groups in total. The number of phenolic OH excluding ortho intramolecular Hbond substituents is 1. The number of hydrogen-bond donors (Lipinski definition) is 3. The third kappa shape index (κ3) is 5.50. The van der Waals surface area contributed by atoms with Gasteiger partial charge in [0.1, 0.15) is 5.75 Å². The van der Waals surface area contributed by atoms with Gasteiger partial charge in [-0.3, -0.25) is 4.79 Å². The van der Waals surface area contributed by atoms with Crippen molar-refractivity contribution in [2.75, 3.05) is 12.3 Å². The highest BCUT2D eigenvalue weighted by molar-refractivity contribution is 5.99. The van der Waals surface area contributed by atoms with E-state index in [4.69, 9.17) is 5.73 Å². The second-order valence-electron chi connectivity index (χ2n) is 4.10. The molecule has 4 nitrogen and oxygen atoms in total. The Kier molecular flexibility index (Phi) is 5.02. The minimum atomic E-state index is -4.17. The van der Waals surface area contributed by atoms with E-state index < -0.39 is 18.5 Å². The maximum atomic E-state index is 11.9. The fraction of sp³-hybridized carbons (Fsp3) is 0.417. The first-order valence-corrected chi connectivity index (χ1v) is 5.73. The molecule has 1 rings (SSSR count). The summed E-state index contributed by atoms with van der Waals surface area (Å²) in [5.74, 6) is -0.614. The van der Waals surface area contributed by atoms with Crippen LogP contribution in [-0.4, -0.2) is 23.7 Å². The molecule has 0 aliphatic carbocycles. The largest absolute Gasteiger partial charge is 0.508 e. The first-order valence-electron chi connectivity index (χ1n) is 5.73. The van der Waals surface area contributed by atoms with E-state index in [2.05, 4.69) is 5.32 Å². The highest BCUT2D eigenvalue weighted by Crippen LogP contribution is 2.22. The lowest BCUT2D eigenvalue weighted by atomic mass is 10.1. The van der Waals surface area contributed by atoms with Gasteiger partial charge < -0.3 is 16.2 Å². The Hall–Kier alpha value is -1.92. The van der Waals surface area contributed by atoms with Crippen LogP contribution in [0.4, 0.5) is 18.9 Å². The number of hydrogen-bond acceptors (Lipinski definition) is 3. The zero-order valence-corrected chi connectivity index (χ0v) is 10.1. The summed E-state index contributed by atoms with van der Waals surface area (Å²) in [6, 6.07) is 3.93. The molecular weight excluding hydrogens is 261 g/mol. The minimum Gasteiger partial charge on any atom is -0.508 e. The summed E-state index contributed by atoms with van der Waals surface area (Å²) < 4.78 is 35.6. The van der Waals surface area contributed by atoms with Crippen LogP contribution in [0.2, 0.25) is 0 Å². The number of halogens is 3. The summed E-state index contributed by atoms with van der Waals surface area (Å²) in [5, 5.41) is 11.7. The molecule has 0 aromatic heterocycles. The van der Waals surface area contributed by atoms with Crippen molar-refractivity contribution in [1.82, 2.24) is 5.32 Å². The average Bonchev–Trinajstić information content (AvgIpc) is 2.30. The van der Waals surface area contributed by atoms with Crippen LogP contribution in [0.5, 0.6) is 5.75 Å².